The number of anilines is 1. The van der Waals surface area contributed by atoms with Crippen LogP contribution in [0.5, 0.6) is 11.5 Å². The van der Waals surface area contributed by atoms with Gasteiger partial charge in [0.1, 0.15) is 11.5 Å². The quantitative estimate of drug-likeness (QED) is 0.812. The van der Waals surface area contributed by atoms with Crippen LogP contribution >= 0.6 is 0 Å². The van der Waals surface area contributed by atoms with Crippen molar-refractivity contribution in [2.75, 3.05) is 32.1 Å². The molecule has 3 rings (SSSR count). The first kappa shape index (κ1) is 17.5. The van der Waals surface area contributed by atoms with Gasteiger partial charge in [-0.1, -0.05) is 12.1 Å². The highest BCUT2D eigenvalue weighted by Crippen LogP contribution is 2.24. The topological polar surface area (TPSA) is 59.6 Å². The van der Waals surface area contributed by atoms with Crippen LogP contribution in [-0.4, -0.2) is 32.7 Å². The fraction of sp³-hybridized carbons (Fsp3) is 0.350. The summed E-state index contributed by atoms with van der Waals surface area (Å²) in [4.78, 5) is 12.1. The molecule has 0 radical (unpaired) electrons. The molecule has 5 heteroatoms. The minimum atomic E-state index is 0.0625. The van der Waals surface area contributed by atoms with Crippen LogP contribution in [0.4, 0.5) is 5.69 Å². The fourth-order valence-electron chi connectivity index (χ4n) is 2.81. The summed E-state index contributed by atoms with van der Waals surface area (Å²) in [6.45, 7) is 2.38. The first-order valence-corrected chi connectivity index (χ1v) is 8.62. The zero-order valence-corrected chi connectivity index (χ0v) is 14.5. The summed E-state index contributed by atoms with van der Waals surface area (Å²) in [5.74, 6) is 1.66. The molecule has 0 bridgehead atoms. The number of carbonyl (C=O) groups excluding carboxylic acids is 1. The molecular weight excluding hydrogens is 316 g/mol. The number of hydrogen-bond acceptors (Lipinski definition) is 4. The number of nitrogens with one attached hydrogen (secondary N) is 2. The third-order valence-corrected chi connectivity index (χ3v) is 4.31. The lowest BCUT2D eigenvalue weighted by Gasteiger charge is -2.11. The van der Waals surface area contributed by atoms with Crippen molar-refractivity contribution in [1.29, 1.82) is 0 Å². The Morgan fingerprint density at radius 3 is 2.40 bits per heavy atom. The summed E-state index contributed by atoms with van der Waals surface area (Å²) in [6, 6.07) is 15.4. The molecule has 1 aliphatic heterocycles. The molecule has 0 aromatic heterocycles. The summed E-state index contributed by atoms with van der Waals surface area (Å²) in [7, 11) is 1.70. The highest BCUT2D eigenvalue weighted by Gasteiger charge is 2.22. The normalized spacial score (nSPS) is 16.6. The van der Waals surface area contributed by atoms with E-state index in [0.29, 0.717) is 6.61 Å². The Labute approximate surface area is 148 Å². The molecule has 2 aromatic rings. The predicted molar refractivity (Wildman–Crippen MR) is 98.1 cm³/mol. The van der Waals surface area contributed by atoms with Gasteiger partial charge < -0.3 is 20.1 Å². The maximum absolute atomic E-state index is 12.1. The first-order valence-electron chi connectivity index (χ1n) is 8.62. The van der Waals surface area contributed by atoms with Gasteiger partial charge in [-0.05, 0) is 61.3 Å². The number of benzene rings is 2. The van der Waals surface area contributed by atoms with E-state index in [2.05, 4.69) is 10.6 Å². The molecule has 1 aliphatic rings. The third kappa shape index (κ3) is 5.05. The Bertz CT molecular complexity index is 677. The summed E-state index contributed by atoms with van der Waals surface area (Å²) >= 11 is 0. The number of carbonyl (C=O) groups is 1. The maximum Gasteiger partial charge on any atom is 0.228 e. The minimum Gasteiger partial charge on any atom is -0.457 e. The van der Waals surface area contributed by atoms with Crippen LogP contribution < -0.4 is 15.4 Å². The summed E-state index contributed by atoms with van der Waals surface area (Å²) < 4.78 is 10.9. The third-order valence-electron chi connectivity index (χ3n) is 4.31. The first-order chi connectivity index (χ1) is 12.2. The number of methoxy groups -OCH3 is 1. The van der Waals surface area contributed by atoms with E-state index in [1.54, 1.807) is 7.11 Å². The van der Waals surface area contributed by atoms with E-state index >= 15 is 0 Å². The second-order valence-corrected chi connectivity index (χ2v) is 6.19. The van der Waals surface area contributed by atoms with E-state index in [9.17, 15) is 4.79 Å². The van der Waals surface area contributed by atoms with Crippen LogP contribution in [0.25, 0.3) is 0 Å². The van der Waals surface area contributed by atoms with Gasteiger partial charge in [0.05, 0.1) is 12.5 Å². The second-order valence-electron chi connectivity index (χ2n) is 6.19. The van der Waals surface area contributed by atoms with Crippen molar-refractivity contribution >= 4 is 11.6 Å². The molecule has 1 fully saturated rings. The van der Waals surface area contributed by atoms with E-state index in [0.717, 1.165) is 43.1 Å². The van der Waals surface area contributed by atoms with Gasteiger partial charge in [-0.25, -0.2) is 0 Å². The van der Waals surface area contributed by atoms with Gasteiger partial charge >= 0.3 is 0 Å². The molecule has 25 heavy (non-hydrogen) atoms. The van der Waals surface area contributed by atoms with Crippen molar-refractivity contribution < 1.29 is 14.3 Å². The Kier molecular flexibility index (Phi) is 6.04. The summed E-state index contributed by atoms with van der Waals surface area (Å²) in [5.41, 5.74) is 2.01. The Morgan fingerprint density at radius 2 is 1.80 bits per heavy atom. The van der Waals surface area contributed by atoms with E-state index in [-0.39, 0.29) is 11.8 Å². The van der Waals surface area contributed by atoms with Crippen LogP contribution in [0.3, 0.4) is 0 Å². The highest BCUT2D eigenvalue weighted by molar-refractivity contribution is 5.92. The second kappa shape index (κ2) is 8.65. The van der Waals surface area contributed by atoms with Gasteiger partial charge in [-0.2, -0.15) is 0 Å². The van der Waals surface area contributed by atoms with Crippen molar-refractivity contribution in [3.05, 3.63) is 54.1 Å². The largest absolute Gasteiger partial charge is 0.457 e. The van der Waals surface area contributed by atoms with Gasteiger partial charge in [0.25, 0.3) is 0 Å². The fourth-order valence-corrected chi connectivity index (χ4v) is 2.81. The number of hydrogen-bond donors (Lipinski definition) is 2. The molecule has 0 saturated carbocycles. The van der Waals surface area contributed by atoms with Crippen molar-refractivity contribution in [3.8, 4) is 11.5 Å². The smallest absolute Gasteiger partial charge is 0.228 e. The number of rotatable bonds is 7. The molecule has 0 spiro atoms. The average molecular weight is 340 g/mol. The number of amides is 1. The van der Waals surface area contributed by atoms with Crippen molar-refractivity contribution in [2.24, 2.45) is 5.92 Å². The van der Waals surface area contributed by atoms with Gasteiger partial charge in [-0.15, -0.1) is 0 Å². The lowest BCUT2D eigenvalue weighted by atomic mass is 10.1. The van der Waals surface area contributed by atoms with Crippen LogP contribution in [0, 0.1) is 5.92 Å². The Morgan fingerprint density at radius 1 is 1.12 bits per heavy atom. The Balaban J connectivity index is 1.54. The molecule has 0 aliphatic carbocycles. The minimum absolute atomic E-state index is 0.0625. The summed E-state index contributed by atoms with van der Waals surface area (Å²) in [6.07, 6.45) is 1.79. The lowest BCUT2D eigenvalue weighted by molar-refractivity contribution is -0.119. The van der Waals surface area contributed by atoms with Crippen LogP contribution in [-0.2, 0) is 16.0 Å². The zero-order chi connectivity index (χ0) is 17.5. The van der Waals surface area contributed by atoms with Crippen LogP contribution in [0.15, 0.2) is 48.5 Å². The molecule has 2 aromatic carbocycles. The number of ether oxygens (including phenoxy) is 2. The van der Waals surface area contributed by atoms with E-state index in [1.807, 2.05) is 48.5 Å². The van der Waals surface area contributed by atoms with E-state index in [1.165, 1.54) is 5.56 Å². The predicted octanol–water partition coefficient (Wildman–Crippen LogP) is 3.22. The van der Waals surface area contributed by atoms with Crippen LogP contribution in [0.2, 0.25) is 0 Å². The van der Waals surface area contributed by atoms with Gasteiger partial charge in [0.2, 0.25) is 5.91 Å². The van der Waals surface area contributed by atoms with Gasteiger partial charge in [0, 0.05) is 19.3 Å². The zero-order valence-electron chi connectivity index (χ0n) is 14.5. The molecule has 0 unspecified atom stereocenters. The summed E-state index contributed by atoms with van der Waals surface area (Å²) in [5, 5.41) is 6.16. The van der Waals surface area contributed by atoms with E-state index < -0.39 is 0 Å². The Hall–Kier alpha value is -2.37. The van der Waals surface area contributed by atoms with Crippen molar-refractivity contribution in [1.82, 2.24) is 5.32 Å². The average Bonchev–Trinajstić information content (AvgIpc) is 3.18. The molecule has 1 amide bonds. The standard InChI is InChI=1S/C20H24N2O3/c1-24-13-11-15-2-6-18(7-3-15)25-19-8-4-17(5-9-19)22-20(23)16-10-12-21-14-16/h2-9,16,21H,10-14H2,1H3,(H,22,23)/t16-/m1/s1. The van der Waals surface area contributed by atoms with Crippen LogP contribution in [0.1, 0.15) is 12.0 Å². The maximum atomic E-state index is 12.1. The van der Waals surface area contributed by atoms with E-state index in [4.69, 9.17) is 9.47 Å². The SMILES string of the molecule is COCCc1ccc(Oc2ccc(NC(=O)[C@@H]3CCNC3)cc2)cc1. The highest BCUT2D eigenvalue weighted by atomic mass is 16.5. The molecule has 1 heterocycles. The van der Waals surface area contributed by atoms with Gasteiger partial charge in [-0.3, -0.25) is 4.79 Å². The van der Waals surface area contributed by atoms with Gasteiger partial charge in [0.15, 0.2) is 0 Å². The molecular formula is C20H24N2O3. The molecule has 132 valence electrons. The van der Waals surface area contributed by atoms with Crippen molar-refractivity contribution in [2.45, 2.75) is 12.8 Å². The molecule has 5 nitrogen and oxygen atoms in total. The molecule has 1 saturated heterocycles. The molecule has 1 atom stereocenters. The molecule has 2 N–H and O–H groups in total. The monoisotopic (exact) mass is 340 g/mol. The lowest BCUT2D eigenvalue weighted by Crippen LogP contribution is -2.24. The van der Waals surface area contributed by atoms with Crippen molar-refractivity contribution in [3.63, 3.8) is 0 Å².